The van der Waals surface area contributed by atoms with Crippen molar-refractivity contribution in [1.82, 2.24) is 5.32 Å². The molecule has 82 heavy (non-hydrogen) atoms. The first-order chi connectivity index (χ1) is 40.5. The molecule has 0 fully saturated rings. The van der Waals surface area contributed by atoms with Crippen LogP contribution in [0.4, 0.5) is 0 Å². The lowest BCUT2D eigenvalue weighted by Crippen LogP contribution is -2.45. The fraction of sp³-hybridized carbons (Fsp3) is 0.974. The van der Waals surface area contributed by atoms with Gasteiger partial charge in [0.2, 0.25) is 5.91 Å². The number of carbonyl (C=O) groups is 2. The maximum Gasteiger partial charge on any atom is 0.305 e. The molecule has 6 nitrogen and oxygen atoms in total. The third-order valence-electron chi connectivity index (χ3n) is 18.4. The Kier molecular flexibility index (Phi) is 71.3. The lowest BCUT2D eigenvalue weighted by atomic mass is 10.0. The van der Waals surface area contributed by atoms with Crippen molar-refractivity contribution in [2.45, 2.75) is 463 Å². The van der Waals surface area contributed by atoms with E-state index in [1.165, 1.54) is 379 Å². The van der Waals surface area contributed by atoms with Gasteiger partial charge in [0.05, 0.1) is 25.4 Å². The van der Waals surface area contributed by atoms with E-state index in [0.29, 0.717) is 25.9 Å². The number of aliphatic hydroxyl groups excluding tert-OH is 2. The van der Waals surface area contributed by atoms with Crippen LogP contribution in [0.25, 0.3) is 0 Å². The zero-order valence-electron chi connectivity index (χ0n) is 56.3. The third-order valence-corrected chi connectivity index (χ3v) is 18.4. The molecular formula is C76H151NO5. The number of esters is 1. The Morgan fingerprint density at radius 2 is 0.500 bits per heavy atom. The number of hydrogen-bond donors (Lipinski definition) is 3. The predicted molar refractivity (Wildman–Crippen MR) is 361 cm³/mol. The molecule has 2 unspecified atom stereocenters. The Labute approximate surface area is 515 Å². The van der Waals surface area contributed by atoms with E-state index in [-0.39, 0.29) is 18.5 Å². The molecule has 0 aromatic rings. The van der Waals surface area contributed by atoms with E-state index in [1.807, 2.05) is 0 Å². The van der Waals surface area contributed by atoms with Gasteiger partial charge in [-0.2, -0.15) is 0 Å². The fourth-order valence-electron chi connectivity index (χ4n) is 12.6. The number of amides is 1. The van der Waals surface area contributed by atoms with Crippen molar-refractivity contribution in [3.63, 3.8) is 0 Å². The van der Waals surface area contributed by atoms with Gasteiger partial charge in [-0.3, -0.25) is 9.59 Å². The average molecular weight is 1160 g/mol. The minimum absolute atomic E-state index is 0.0235. The maximum absolute atomic E-state index is 12.5. The van der Waals surface area contributed by atoms with Crippen molar-refractivity contribution in [3.05, 3.63) is 0 Å². The lowest BCUT2D eigenvalue weighted by molar-refractivity contribution is -0.143. The van der Waals surface area contributed by atoms with Gasteiger partial charge in [0.25, 0.3) is 0 Å². The van der Waals surface area contributed by atoms with Gasteiger partial charge in [-0.15, -0.1) is 0 Å². The first-order valence-electron chi connectivity index (χ1n) is 38.3. The number of carbonyl (C=O) groups excluding carboxylic acids is 2. The monoisotopic (exact) mass is 1160 g/mol. The van der Waals surface area contributed by atoms with E-state index >= 15 is 0 Å². The summed E-state index contributed by atoms with van der Waals surface area (Å²) in [5.41, 5.74) is 0. The highest BCUT2D eigenvalue weighted by Gasteiger charge is 2.20. The molecule has 0 radical (unpaired) electrons. The van der Waals surface area contributed by atoms with Crippen LogP contribution in [0.5, 0.6) is 0 Å². The topological polar surface area (TPSA) is 95.9 Å². The molecule has 0 saturated heterocycles. The summed E-state index contributed by atoms with van der Waals surface area (Å²) in [6.45, 7) is 5.01. The molecule has 0 saturated carbocycles. The normalized spacial score (nSPS) is 12.4. The van der Waals surface area contributed by atoms with Crippen LogP contribution < -0.4 is 5.32 Å². The standard InChI is InChI=1S/C76H151NO5/c1-3-5-7-9-11-13-15-16-17-18-36-39-42-45-49-52-56-60-64-68-74(79)73(72-78)77-75(80)69-65-61-57-53-50-46-43-40-37-34-32-30-28-26-24-22-20-19-21-23-25-27-29-31-33-35-38-41-44-47-51-55-59-63-67-71-82-76(81)70-66-62-58-54-48-14-12-10-8-6-4-2/h73-74,78-79H,3-72H2,1-2H3,(H,77,80). The summed E-state index contributed by atoms with van der Waals surface area (Å²) in [6.07, 6.45) is 89.1. The highest BCUT2D eigenvalue weighted by Crippen LogP contribution is 2.20. The minimum Gasteiger partial charge on any atom is -0.466 e. The van der Waals surface area contributed by atoms with Crippen LogP contribution in [0.3, 0.4) is 0 Å². The number of unbranched alkanes of at least 4 members (excludes halogenated alkanes) is 62. The second-order valence-electron chi connectivity index (χ2n) is 26.7. The van der Waals surface area contributed by atoms with Crippen LogP contribution in [0.1, 0.15) is 450 Å². The van der Waals surface area contributed by atoms with Crippen molar-refractivity contribution >= 4 is 11.9 Å². The maximum atomic E-state index is 12.5. The summed E-state index contributed by atoms with van der Waals surface area (Å²) < 4.78 is 5.48. The molecule has 0 aliphatic heterocycles. The Morgan fingerprint density at radius 3 is 0.744 bits per heavy atom. The van der Waals surface area contributed by atoms with Gasteiger partial charge in [0.15, 0.2) is 0 Å². The summed E-state index contributed by atoms with van der Waals surface area (Å²) in [5, 5.41) is 23.4. The predicted octanol–water partition coefficient (Wildman–Crippen LogP) is 24.9. The number of rotatable bonds is 73. The number of aliphatic hydroxyl groups is 2. The summed E-state index contributed by atoms with van der Waals surface area (Å²) in [7, 11) is 0. The van der Waals surface area contributed by atoms with Gasteiger partial charge >= 0.3 is 5.97 Å². The molecule has 2 atom stereocenters. The summed E-state index contributed by atoms with van der Waals surface area (Å²) in [4.78, 5) is 24.6. The van der Waals surface area contributed by atoms with Gasteiger partial charge in [0.1, 0.15) is 0 Å². The average Bonchev–Trinajstić information content (AvgIpc) is 3.48. The zero-order chi connectivity index (χ0) is 59.2. The Balaban J connectivity index is 3.30. The zero-order valence-corrected chi connectivity index (χ0v) is 56.3. The van der Waals surface area contributed by atoms with E-state index < -0.39 is 12.1 Å². The molecule has 6 heteroatoms. The summed E-state index contributed by atoms with van der Waals surface area (Å²) in [5.74, 6) is -0.000733. The quantitative estimate of drug-likeness (QED) is 0.0417. The van der Waals surface area contributed by atoms with E-state index in [0.717, 1.165) is 38.5 Å². The summed E-state index contributed by atoms with van der Waals surface area (Å²) >= 11 is 0. The van der Waals surface area contributed by atoms with Gasteiger partial charge in [0, 0.05) is 12.8 Å². The molecule has 1 amide bonds. The Hall–Kier alpha value is -1.14. The van der Waals surface area contributed by atoms with Gasteiger partial charge in [-0.25, -0.2) is 0 Å². The van der Waals surface area contributed by atoms with Gasteiger partial charge in [-0.05, 0) is 25.7 Å². The smallest absolute Gasteiger partial charge is 0.305 e. The van der Waals surface area contributed by atoms with Crippen molar-refractivity contribution in [1.29, 1.82) is 0 Å². The molecule has 0 aromatic carbocycles. The molecule has 3 N–H and O–H groups in total. The molecule has 0 aliphatic carbocycles. The van der Waals surface area contributed by atoms with Crippen molar-refractivity contribution in [3.8, 4) is 0 Å². The third kappa shape index (κ3) is 68.0. The van der Waals surface area contributed by atoms with Crippen LogP contribution >= 0.6 is 0 Å². The molecule has 0 rings (SSSR count). The largest absolute Gasteiger partial charge is 0.466 e. The van der Waals surface area contributed by atoms with Crippen molar-refractivity contribution in [2.75, 3.05) is 13.2 Å². The highest BCUT2D eigenvalue weighted by atomic mass is 16.5. The van der Waals surface area contributed by atoms with Gasteiger partial charge < -0.3 is 20.3 Å². The molecule has 0 spiro atoms. The SMILES string of the molecule is CCCCCCCCCCCCCCCCCCCCCC(O)C(CO)NC(=O)CCCCCCCCCCCCCCCCCCCCCCCCCCCCCCCCCCCCCOC(=O)CCCCCCCCCCCCC. The van der Waals surface area contributed by atoms with Crippen LogP contribution in [0, 0.1) is 0 Å². The van der Waals surface area contributed by atoms with E-state index in [1.54, 1.807) is 0 Å². The molecule has 490 valence electrons. The number of hydrogen-bond acceptors (Lipinski definition) is 5. The molecule has 0 heterocycles. The fourth-order valence-corrected chi connectivity index (χ4v) is 12.6. The number of ether oxygens (including phenoxy) is 1. The first-order valence-corrected chi connectivity index (χ1v) is 38.3. The van der Waals surface area contributed by atoms with Crippen LogP contribution in [-0.4, -0.2) is 47.4 Å². The van der Waals surface area contributed by atoms with Crippen LogP contribution in [0.2, 0.25) is 0 Å². The molecule has 0 aromatic heterocycles. The van der Waals surface area contributed by atoms with Crippen molar-refractivity contribution < 1.29 is 24.5 Å². The summed E-state index contributed by atoms with van der Waals surface area (Å²) in [6, 6.07) is -0.537. The van der Waals surface area contributed by atoms with E-state index in [4.69, 9.17) is 4.74 Å². The van der Waals surface area contributed by atoms with Crippen LogP contribution in [-0.2, 0) is 14.3 Å². The number of nitrogens with one attached hydrogen (secondary N) is 1. The van der Waals surface area contributed by atoms with E-state index in [9.17, 15) is 19.8 Å². The van der Waals surface area contributed by atoms with Crippen LogP contribution in [0.15, 0.2) is 0 Å². The molecule has 0 bridgehead atoms. The Morgan fingerprint density at radius 1 is 0.293 bits per heavy atom. The first kappa shape index (κ1) is 80.9. The second-order valence-corrected chi connectivity index (χ2v) is 26.7. The van der Waals surface area contributed by atoms with E-state index in [2.05, 4.69) is 19.2 Å². The molecule has 0 aliphatic rings. The Bertz CT molecular complexity index is 1200. The lowest BCUT2D eigenvalue weighted by Gasteiger charge is -2.22. The molecular weight excluding hydrogens is 1010 g/mol. The van der Waals surface area contributed by atoms with Crippen molar-refractivity contribution in [2.24, 2.45) is 0 Å². The minimum atomic E-state index is -0.660. The highest BCUT2D eigenvalue weighted by molar-refractivity contribution is 5.76. The second kappa shape index (κ2) is 72.3. The van der Waals surface area contributed by atoms with Gasteiger partial charge in [-0.1, -0.05) is 412 Å².